The predicted octanol–water partition coefficient (Wildman–Crippen LogP) is 6.10. The summed E-state index contributed by atoms with van der Waals surface area (Å²) in [4.78, 5) is 27.1. The zero-order chi connectivity index (χ0) is 21.4. The van der Waals surface area contributed by atoms with Crippen LogP contribution in [0.2, 0.25) is 0 Å². The molecule has 0 aliphatic carbocycles. The Morgan fingerprint density at radius 3 is 1.79 bits per heavy atom. The van der Waals surface area contributed by atoms with Gasteiger partial charge in [-0.3, -0.25) is 4.79 Å². The van der Waals surface area contributed by atoms with E-state index in [2.05, 4.69) is 20.8 Å². The van der Waals surface area contributed by atoms with Crippen molar-refractivity contribution in [2.75, 3.05) is 13.1 Å². The summed E-state index contributed by atoms with van der Waals surface area (Å²) in [5.74, 6) is -0.151. The number of nitrogens with zero attached hydrogens (tertiary/aromatic N) is 1. The third kappa shape index (κ3) is 6.66. The van der Waals surface area contributed by atoms with Gasteiger partial charge in [-0.05, 0) is 46.5 Å². The van der Waals surface area contributed by atoms with Crippen LogP contribution in [0.15, 0.2) is 0 Å². The van der Waals surface area contributed by atoms with Crippen molar-refractivity contribution in [2.45, 2.75) is 117 Å². The van der Waals surface area contributed by atoms with Crippen LogP contribution in [-0.2, 0) is 14.3 Å². The molecule has 0 N–H and O–H groups in total. The molecule has 1 fully saturated rings. The number of piperidine rings is 1. The van der Waals surface area contributed by atoms with Crippen LogP contribution < -0.4 is 0 Å². The number of ether oxygens (including phenoxy) is 2. The highest BCUT2D eigenvalue weighted by Crippen LogP contribution is 2.34. The lowest BCUT2D eigenvalue weighted by Crippen LogP contribution is -2.50. The first-order chi connectivity index (χ1) is 13.1. The van der Waals surface area contributed by atoms with E-state index in [0.717, 1.165) is 44.9 Å². The Kier molecular flexibility index (Phi) is 9.29. The Morgan fingerprint density at radius 1 is 0.929 bits per heavy atom. The zero-order valence-electron chi connectivity index (χ0n) is 19.4. The Hall–Kier alpha value is -1.26. The van der Waals surface area contributed by atoms with E-state index >= 15 is 0 Å². The Morgan fingerprint density at radius 2 is 1.39 bits per heavy atom. The fourth-order valence-corrected chi connectivity index (χ4v) is 3.92. The zero-order valence-corrected chi connectivity index (χ0v) is 19.4. The second-order valence-electron chi connectivity index (χ2n) is 9.36. The number of hydrogen-bond acceptors (Lipinski definition) is 4. The van der Waals surface area contributed by atoms with Gasteiger partial charge in [-0.25, -0.2) is 4.79 Å². The van der Waals surface area contributed by atoms with Gasteiger partial charge in [0.2, 0.25) is 0 Å². The molecule has 1 saturated heterocycles. The summed E-state index contributed by atoms with van der Waals surface area (Å²) in [6.45, 7) is 15.4. The van der Waals surface area contributed by atoms with Gasteiger partial charge in [-0.15, -0.1) is 0 Å². The maximum absolute atomic E-state index is 12.9. The smallest absolute Gasteiger partial charge is 0.410 e. The lowest BCUT2D eigenvalue weighted by atomic mass is 9.87. The molecule has 0 aromatic carbocycles. The standard InChI is InChI=1S/C23H43NO4/c1-8-12-23(13-9-2,14-10-3)28-20(26)24-17-15-22(7,16-18-24)27-19(25)21(5,6)11-4/h8-18H2,1-7H3. The highest BCUT2D eigenvalue weighted by Gasteiger charge is 2.40. The average Bonchev–Trinajstić information content (AvgIpc) is 2.62. The van der Waals surface area contributed by atoms with Gasteiger partial charge in [-0.2, -0.15) is 0 Å². The van der Waals surface area contributed by atoms with Crippen molar-refractivity contribution in [1.29, 1.82) is 0 Å². The Labute approximate surface area is 172 Å². The fourth-order valence-electron chi connectivity index (χ4n) is 3.92. The van der Waals surface area contributed by atoms with Gasteiger partial charge in [0.15, 0.2) is 0 Å². The number of carbonyl (C=O) groups is 2. The Balaban J connectivity index is 2.70. The second kappa shape index (κ2) is 10.5. The minimum atomic E-state index is -0.506. The van der Waals surface area contributed by atoms with E-state index in [1.54, 1.807) is 4.90 Å². The molecule has 0 aromatic rings. The molecular weight excluding hydrogens is 354 g/mol. The molecule has 0 radical (unpaired) electrons. The Bertz CT molecular complexity index is 490. The van der Waals surface area contributed by atoms with Crippen LogP contribution in [-0.4, -0.2) is 41.3 Å². The van der Waals surface area contributed by atoms with E-state index in [1.165, 1.54) is 0 Å². The van der Waals surface area contributed by atoms with Crippen molar-refractivity contribution in [3.8, 4) is 0 Å². The number of amides is 1. The number of esters is 1. The molecule has 1 rings (SSSR count). The van der Waals surface area contributed by atoms with Gasteiger partial charge in [-0.1, -0.05) is 47.0 Å². The molecule has 0 aromatic heterocycles. The second-order valence-corrected chi connectivity index (χ2v) is 9.36. The minimum Gasteiger partial charge on any atom is -0.459 e. The quantitative estimate of drug-likeness (QED) is 0.418. The van der Waals surface area contributed by atoms with E-state index in [-0.39, 0.29) is 17.7 Å². The van der Waals surface area contributed by atoms with Crippen molar-refractivity contribution < 1.29 is 19.1 Å². The van der Waals surface area contributed by atoms with Crippen LogP contribution in [0.5, 0.6) is 0 Å². The minimum absolute atomic E-state index is 0.151. The third-order valence-corrected chi connectivity index (χ3v) is 6.28. The van der Waals surface area contributed by atoms with Crippen molar-refractivity contribution in [2.24, 2.45) is 5.41 Å². The molecule has 28 heavy (non-hydrogen) atoms. The number of carbonyl (C=O) groups excluding carboxylic acids is 2. The highest BCUT2D eigenvalue weighted by atomic mass is 16.6. The van der Waals surface area contributed by atoms with Crippen molar-refractivity contribution in [1.82, 2.24) is 4.90 Å². The molecule has 0 bridgehead atoms. The average molecular weight is 398 g/mol. The van der Waals surface area contributed by atoms with Crippen LogP contribution >= 0.6 is 0 Å². The van der Waals surface area contributed by atoms with Crippen LogP contribution in [0.3, 0.4) is 0 Å². The van der Waals surface area contributed by atoms with Gasteiger partial charge in [0.1, 0.15) is 11.2 Å². The molecule has 0 atom stereocenters. The van der Waals surface area contributed by atoms with Crippen molar-refractivity contribution in [3.05, 3.63) is 0 Å². The van der Waals surface area contributed by atoms with E-state index in [1.807, 2.05) is 27.7 Å². The molecule has 5 heteroatoms. The van der Waals surface area contributed by atoms with Gasteiger partial charge >= 0.3 is 12.1 Å². The largest absolute Gasteiger partial charge is 0.459 e. The maximum atomic E-state index is 12.9. The molecule has 1 heterocycles. The van der Waals surface area contributed by atoms with Crippen LogP contribution in [0.25, 0.3) is 0 Å². The summed E-state index contributed by atoms with van der Waals surface area (Å²) in [6, 6.07) is 0. The van der Waals surface area contributed by atoms with Gasteiger partial charge in [0.05, 0.1) is 5.41 Å². The SMILES string of the molecule is CCCC(CCC)(CCC)OC(=O)N1CCC(C)(OC(=O)C(C)(C)CC)CC1. The first kappa shape index (κ1) is 24.8. The van der Waals surface area contributed by atoms with Crippen LogP contribution in [0, 0.1) is 5.41 Å². The molecule has 0 spiro atoms. The van der Waals surface area contributed by atoms with Gasteiger partial charge in [0, 0.05) is 25.9 Å². The molecule has 5 nitrogen and oxygen atoms in total. The lowest BCUT2D eigenvalue weighted by Gasteiger charge is -2.41. The highest BCUT2D eigenvalue weighted by molar-refractivity contribution is 5.76. The molecule has 0 saturated carbocycles. The number of hydrogen-bond donors (Lipinski definition) is 0. The van der Waals surface area contributed by atoms with Crippen LogP contribution in [0.1, 0.15) is 106 Å². The summed E-state index contributed by atoms with van der Waals surface area (Å²) < 4.78 is 12.0. The molecule has 164 valence electrons. The molecular formula is C23H43NO4. The van der Waals surface area contributed by atoms with Crippen molar-refractivity contribution >= 4 is 12.1 Å². The molecule has 0 unspecified atom stereocenters. The molecule has 1 aliphatic rings. The van der Waals surface area contributed by atoms with Crippen molar-refractivity contribution in [3.63, 3.8) is 0 Å². The monoisotopic (exact) mass is 397 g/mol. The van der Waals surface area contributed by atoms with E-state index in [4.69, 9.17) is 9.47 Å². The first-order valence-electron chi connectivity index (χ1n) is 11.3. The number of likely N-dealkylation sites (tertiary alicyclic amines) is 1. The topological polar surface area (TPSA) is 55.8 Å². The summed E-state index contributed by atoms with van der Waals surface area (Å²) in [5.41, 5.74) is -1.32. The van der Waals surface area contributed by atoms with E-state index < -0.39 is 11.0 Å². The summed E-state index contributed by atoms with van der Waals surface area (Å²) in [6.07, 6.45) is 7.59. The molecule has 1 aliphatic heterocycles. The fraction of sp³-hybridized carbons (Fsp3) is 0.913. The summed E-state index contributed by atoms with van der Waals surface area (Å²) >= 11 is 0. The van der Waals surface area contributed by atoms with E-state index in [0.29, 0.717) is 25.9 Å². The van der Waals surface area contributed by atoms with Gasteiger partial charge < -0.3 is 14.4 Å². The van der Waals surface area contributed by atoms with E-state index in [9.17, 15) is 9.59 Å². The number of rotatable bonds is 10. The van der Waals surface area contributed by atoms with Gasteiger partial charge in [0.25, 0.3) is 0 Å². The third-order valence-electron chi connectivity index (χ3n) is 6.28. The lowest BCUT2D eigenvalue weighted by molar-refractivity contribution is -0.173. The predicted molar refractivity (Wildman–Crippen MR) is 113 cm³/mol. The van der Waals surface area contributed by atoms with Crippen LogP contribution in [0.4, 0.5) is 4.79 Å². The summed E-state index contributed by atoms with van der Waals surface area (Å²) in [5, 5.41) is 0. The maximum Gasteiger partial charge on any atom is 0.410 e. The normalized spacial score (nSPS) is 17.3. The summed E-state index contributed by atoms with van der Waals surface area (Å²) in [7, 11) is 0. The first-order valence-corrected chi connectivity index (χ1v) is 11.3. The molecule has 1 amide bonds.